The third kappa shape index (κ3) is 2.32. The van der Waals surface area contributed by atoms with Gasteiger partial charge in [-0.2, -0.15) is 4.31 Å². The van der Waals surface area contributed by atoms with Gasteiger partial charge in [-0.05, 0) is 24.3 Å². The van der Waals surface area contributed by atoms with Crippen LogP contribution in [0.5, 0.6) is 5.75 Å². The van der Waals surface area contributed by atoms with E-state index in [1.807, 2.05) is 0 Å². The van der Waals surface area contributed by atoms with Crippen molar-refractivity contribution in [2.45, 2.75) is 10.9 Å². The number of hydrogen-bond acceptors (Lipinski definition) is 6. The summed E-state index contributed by atoms with van der Waals surface area (Å²) in [5, 5.41) is 0. The van der Waals surface area contributed by atoms with Gasteiger partial charge in [0.25, 0.3) is 5.91 Å². The van der Waals surface area contributed by atoms with Crippen LogP contribution in [0.4, 0.5) is 4.79 Å². The normalized spacial score (nSPS) is 20.0. The van der Waals surface area contributed by atoms with Crippen molar-refractivity contribution in [1.82, 2.24) is 9.21 Å². The number of hydrogen-bond donors (Lipinski definition) is 0. The van der Waals surface area contributed by atoms with Gasteiger partial charge in [-0.25, -0.2) is 18.1 Å². The second kappa shape index (κ2) is 5.25. The highest BCUT2D eigenvalue weighted by Gasteiger charge is 2.46. The Hall–Kier alpha value is -2.13. The van der Waals surface area contributed by atoms with Gasteiger partial charge in [0.05, 0.1) is 18.0 Å². The standard InChI is InChI=1S/C13H14N2O6S/c1-20-10-2-4-11(5-3-10)22(18,19)14-6-9(7-14)15-12(16)8-21-13(15)17/h2-5,9H,6-8H2,1H3. The Bertz CT molecular complexity index is 693. The number of methoxy groups -OCH3 is 1. The van der Waals surface area contributed by atoms with E-state index in [0.717, 1.165) is 4.90 Å². The summed E-state index contributed by atoms with van der Waals surface area (Å²) in [7, 11) is -2.14. The van der Waals surface area contributed by atoms with Gasteiger partial charge in [0, 0.05) is 13.1 Å². The number of nitrogens with zero attached hydrogens (tertiary/aromatic N) is 2. The molecule has 2 aliphatic heterocycles. The molecule has 22 heavy (non-hydrogen) atoms. The Morgan fingerprint density at radius 3 is 2.32 bits per heavy atom. The van der Waals surface area contributed by atoms with E-state index in [2.05, 4.69) is 4.74 Å². The molecule has 0 unspecified atom stereocenters. The first-order chi connectivity index (χ1) is 10.4. The molecule has 2 aliphatic rings. The van der Waals surface area contributed by atoms with Crippen molar-refractivity contribution in [3.05, 3.63) is 24.3 Å². The van der Waals surface area contributed by atoms with Crippen LogP contribution in [-0.4, -0.2) is 62.5 Å². The van der Waals surface area contributed by atoms with Gasteiger partial charge in [-0.1, -0.05) is 0 Å². The van der Waals surface area contributed by atoms with Crippen molar-refractivity contribution in [3.63, 3.8) is 0 Å². The van der Waals surface area contributed by atoms with Gasteiger partial charge >= 0.3 is 6.09 Å². The fourth-order valence-electron chi connectivity index (χ4n) is 2.39. The minimum absolute atomic E-state index is 0.0786. The van der Waals surface area contributed by atoms with E-state index in [9.17, 15) is 18.0 Å². The smallest absolute Gasteiger partial charge is 0.417 e. The number of carbonyl (C=O) groups excluding carboxylic acids is 2. The molecule has 1 aromatic rings. The van der Waals surface area contributed by atoms with E-state index >= 15 is 0 Å². The van der Waals surface area contributed by atoms with Gasteiger partial charge < -0.3 is 9.47 Å². The molecule has 2 amide bonds. The highest BCUT2D eigenvalue weighted by molar-refractivity contribution is 7.89. The number of amides is 2. The zero-order valence-corrected chi connectivity index (χ0v) is 12.6. The zero-order valence-electron chi connectivity index (χ0n) is 11.8. The largest absolute Gasteiger partial charge is 0.497 e. The molecule has 0 aliphatic carbocycles. The molecule has 8 nitrogen and oxygen atoms in total. The molecule has 2 saturated heterocycles. The van der Waals surface area contributed by atoms with Crippen LogP contribution in [0.3, 0.4) is 0 Å². The van der Waals surface area contributed by atoms with Gasteiger partial charge in [0.15, 0.2) is 6.61 Å². The second-order valence-electron chi connectivity index (χ2n) is 4.97. The Labute approximate surface area is 127 Å². The molecule has 3 rings (SSSR count). The van der Waals surface area contributed by atoms with Crippen LogP contribution >= 0.6 is 0 Å². The second-order valence-corrected chi connectivity index (χ2v) is 6.91. The van der Waals surface area contributed by atoms with E-state index < -0.39 is 28.1 Å². The molecule has 0 radical (unpaired) electrons. The number of rotatable bonds is 4. The molecular formula is C13H14N2O6S. The van der Waals surface area contributed by atoms with E-state index in [0.29, 0.717) is 5.75 Å². The number of ether oxygens (including phenoxy) is 2. The first kappa shape index (κ1) is 14.8. The van der Waals surface area contributed by atoms with Crippen molar-refractivity contribution in [3.8, 4) is 5.75 Å². The van der Waals surface area contributed by atoms with Crippen LogP contribution in [0, 0.1) is 0 Å². The quantitative estimate of drug-likeness (QED) is 0.776. The van der Waals surface area contributed by atoms with Gasteiger partial charge in [0.1, 0.15) is 5.75 Å². The average Bonchev–Trinajstić information content (AvgIpc) is 2.78. The molecule has 0 bridgehead atoms. The van der Waals surface area contributed by atoms with Crippen LogP contribution in [0.15, 0.2) is 29.2 Å². The Kier molecular flexibility index (Phi) is 3.53. The van der Waals surface area contributed by atoms with E-state index in [1.54, 1.807) is 12.1 Å². The monoisotopic (exact) mass is 326 g/mol. The lowest BCUT2D eigenvalue weighted by Crippen LogP contribution is -2.62. The molecule has 0 N–H and O–H groups in total. The molecular weight excluding hydrogens is 312 g/mol. The molecule has 2 heterocycles. The summed E-state index contributed by atoms with van der Waals surface area (Å²) < 4.78 is 35.6. The molecule has 2 fully saturated rings. The van der Waals surface area contributed by atoms with Crippen LogP contribution < -0.4 is 4.74 Å². The van der Waals surface area contributed by atoms with E-state index in [4.69, 9.17) is 4.74 Å². The molecule has 0 atom stereocenters. The maximum atomic E-state index is 12.4. The molecule has 9 heteroatoms. The third-order valence-electron chi connectivity index (χ3n) is 3.68. The van der Waals surface area contributed by atoms with E-state index in [-0.39, 0.29) is 24.6 Å². The predicted octanol–water partition coefficient (Wildman–Crippen LogP) is 0.0469. The minimum Gasteiger partial charge on any atom is -0.497 e. The minimum atomic E-state index is -3.64. The van der Waals surface area contributed by atoms with Crippen LogP contribution in [0.2, 0.25) is 0 Å². The SMILES string of the molecule is COc1ccc(S(=O)(=O)N2CC(N3C(=O)COC3=O)C2)cc1. The lowest BCUT2D eigenvalue weighted by atomic mass is 10.1. The van der Waals surface area contributed by atoms with Gasteiger partial charge in [0.2, 0.25) is 10.0 Å². The topological polar surface area (TPSA) is 93.2 Å². The molecule has 0 spiro atoms. The van der Waals surface area contributed by atoms with Crippen LogP contribution in [0.1, 0.15) is 0 Å². The lowest BCUT2D eigenvalue weighted by molar-refractivity contribution is -0.128. The summed E-state index contributed by atoms with van der Waals surface area (Å²) in [6.45, 7) is -0.120. The summed E-state index contributed by atoms with van der Waals surface area (Å²) >= 11 is 0. The van der Waals surface area contributed by atoms with Crippen molar-refractivity contribution < 1.29 is 27.5 Å². The fraction of sp³-hybridized carbons (Fsp3) is 0.385. The van der Waals surface area contributed by atoms with Gasteiger partial charge in [-0.15, -0.1) is 0 Å². The van der Waals surface area contributed by atoms with Crippen LogP contribution in [-0.2, 0) is 19.6 Å². The van der Waals surface area contributed by atoms with Crippen LogP contribution in [0.25, 0.3) is 0 Å². The van der Waals surface area contributed by atoms with Gasteiger partial charge in [-0.3, -0.25) is 4.79 Å². The summed E-state index contributed by atoms with van der Waals surface area (Å²) in [6, 6.07) is 5.57. The summed E-state index contributed by atoms with van der Waals surface area (Å²) in [5.74, 6) is 0.127. The maximum Gasteiger partial charge on any atom is 0.417 e. The first-order valence-electron chi connectivity index (χ1n) is 6.56. The number of cyclic esters (lactones) is 1. The zero-order chi connectivity index (χ0) is 15.9. The predicted molar refractivity (Wildman–Crippen MR) is 73.7 cm³/mol. The Morgan fingerprint density at radius 1 is 1.18 bits per heavy atom. The fourth-order valence-corrected chi connectivity index (χ4v) is 3.90. The van der Waals surface area contributed by atoms with Crippen molar-refractivity contribution >= 4 is 22.0 Å². The molecule has 0 saturated carbocycles. The molecule has 118 valence electrons. The summed E-state index contributed by atoms with van der Waals surface area (Å²) in [6.07, 6.45) is -0.712. The van der Waals surface area contributed by atoms with E-state index in [1.165, 1.54) is 23.5 Å². The number of imide groups is 1. The summed E-state index contributed by atoms with van der Waals surface area (Å²) in [4.78, 5) is 24.1. The number of sulfonamides is 1. The maximum absolute atomic E-state index is 12.4. The summed E-state index contributed by atoms with van der Waals surface area (Å²) in [5.41, 5.74) is 0. The van der Waals surface area contributed by atoms with Crippen molar-refractivity contribution in [2.75, 3.05) is 26.8 Å². The Morgan fingerprint density at radius 2 is 1.82 bits per heavy atom. The molecule has 1 aromatic carbocycles. The first-order valence-corrected chi connectivity index (χ1v) is 8.00. The highest BCUT2D eigenvalue weighted by Crippen LogP contribution is 2.27. The molecule has 0 aromatic heterocycles. The Balaban J connectivity index is 1.70. The number of carbonyl (C=O) groups is 2. The average molecular weight is 326 g/mol. The van der Waals surface area contributed by atoms with Crippen molar-refractivity contribution in [2.24, 2.45) is 0 Å². The third-order valence-corrected chi connectivity index (χ3v) is 5.52. The highest BCUT2D eigenvalue weighted by atomic mass is 32.2. The number of benzene rings is 1. The lowest BCUT2D eigenvalue weighted by Gasteiger charge is -2.40. The van der Waals surface area contributed by atoms with Crippen molar-refractivity contribution in [1.29, 1.82) is 0 Å².